The summed E-state index contributed by atoms with van der Waals surface area (Å²) in [7, 11) is 0. The highest BCUT2D eigenvalue weighted by atomic mass is 35.5. The van der Waals surface area contributed by atoms with Gasteiger partial charge in [0.25, 0.3) is 5.91 Å². The molecule has 2 aromatic rings. The Labute approximate surface area is 130 Å². The van der Waals surface area contributed by atoms with Crippen molar-refractivity contribution in [3.63, 3.8) is 0 Å². The molecule has 0 bridgehead atoms. The van der Waals surface area contributed by atoms with Crippen LogP contribution in [-0.2, 0) is 6.42 Å². The molecule has 0 aliphatic carbocycles. The Balaban J connectivity index is 1.90. The summed E-state index contributed by atoms with van der Waals surface area (Å²) in [6.45, 7) is 6.62. The lowest BCUT2D eigenvalue weighted by Gasteiger charge is -2.07. The molecular formula is C16H20ClN3O. The second kappa shape index (κ2) is 6.76. The van der Waals surface area contributed by atoms with Crippen LogP contribution in [-0.4, -0.2) is 22.2 Å². The zero-order valence-electron chi connectivity index (χ0n) is 12.6. The van der Waals surface area contributed by atoms with Gasteiger partial charge < -0.3 is 5.32 Å². The van der Waals surface area contributed by atoms with E-state index in [1.165, 1.54) is 0 Å². The molecule has 5 heteroatoms. The lowest BCUT2D eigenvalue weighted by molar-refractivity contribution is 0.0948. The molecule has 1 N–H and O–H groups in total. The number of carbonyl (C=O) groups excluding carboxylic acids is 1. The summed E-state index contributed by atoms with van der Waals surface area (Å²) in [5, 5.41) is 7.95. The molecule has 2 rings (SSSR count). The maximum absolute atomic E-state index is 12.1. The van der Waals surface area contributed by atoms with Crippen molar-refractivity contribution in [1.82, 2.24) is 15.1 Å². The average molecular weight is 306 g/mol. The van der Waals surface area contributed by atoms with E-state index in [-0.39, 0.29) is 11.9 Å². The Morgan fingerprint density at radius 3 is 2.57 bits per heavy atom. The number of nitrogens with one attached hydrogen (secondary N) is 1. The lowest BCUT2D eigenvalue weighted by Crippen LogP contribution is -2.26. The fourth-order valence-electron chi connectivity index (χ4n) is 2.18. The SMILES string of the molecule is Cc1cc(C(=O)NCCc2ccc(Cl)cc2)nn1C(C)C. The molecule has 21 heavy (non-hydrogen) atoms. The normalized spacial score (nSPS) is 10.9. The van der Waals surface area contributed by atoms with Crippen LogP contribution in [0, 0.1) is 6.92 Å². The molecule has 4 nitrogen and oxygen atoms in total. The van der Waals surface area contributed by atoms with Crippen molar-refractivity contribution < 1.29 is 4.79 Å². The fraction of sp³-hybridized carbons (Fsp3) is 0.375. The summed E-state index contributed by atoms with van der Waals surface area (Å²) in [5.74, 6) is -0.133. The van der Waals surface area contributed by atoms with Crippen LogP contribution in [0.4, 0.5) is 0 Å². The van der Waals surface area contributed by atoms with Gasteiger partial charge in [-0.3, -0.25) is 9.48 Å². The minimum Gasteiger partial charge on any atom is -0.350 e. The third-order valence-corrected chi connectivity index (χ3v) is 3.51. The fourth-order valence-corrected chi connectivity index (χ4v) is 2.31. The Morgan fingerprint density at radius 2 is 2.00 bits per heavy atom. The molecule has 0 saturated heterocycles. The third kappa shape index (κ3) is 4.08. The summed E-state index contributed by atoms with van der Waals surface area (Å²) in [6.07, 6.45) is 0.771. The first-order chi connectivity index (χ1) is 9.97. The van der Waals surface area contributed by atoms with Gasteiger partial charge >= 0.3 is 0 Å². The van der Waals surface area contributed by atoms with E-state index in [4.69, 9.17) is 11.6 Å². The minimum atomic E-state index is -0.133. The van der Waals surface area contributed by atoms with E-state index in [0.717, 1.165) is 22.7 Å². The van der Waals surface area contributed by atoms with Gasteiger partial charge in [0.05, 0.1) is 0 Å². The van der Waals surface area contributed by atoms with E-state index in [2.05, 4.69) is 10.4 Å². The quantitative estimate of drug-likeness (QED) is 0.920. The number of hydrogen-bond donors (Lipinski definition) is 1. The van der Waals surface area contributed by atoms with E-state index in [9.17, 15) is 4.79 Å². The summed E-state index contributed by atoms with van der Waals surface area (Å²) in [6, 6.07) is 9.70. The maximum Gasteiger partial charge on any atom is 0.271 e. The van der Waals surface area contributed by atoms with Crippen LogP contribution in [0.5, 0.6) is 0 Å². The van der Waals surface area contributed by atoms with Crippen molar-refractivity contribution in [1.29, 1.82) is 0 Å². The Bertz CT molecular complexity index is 617. The van der Waals surface area contributed by atoms with Crippen LogP contribution in [0.25, 0.3) is 0 Å². The monoisotopic (exact) mass is 305 g/mol. The van der Waals surface area contributed by atoms with Gasteiger partial charge in [-0.15, -0.1) is 0 Å². The lowest BCUT2D eigenvalue weighted by atomic mass is 10.1. The number of nitrogens with zero attached hydrogens (tertiary/aromatic N) is 2. The highest BCUT2D eigenvalue weighted by Gasteiger charge is 2.13. The zero-order valence-corrected chi connectivity index (χ0v) is 13.3. The number of hydrogen-bond acceptors (Lipinski definition) is 2. The average Bonchev–Trinajstić information content (AvgIpc) is 2.83. The van der Waals surface area contributed by atoms with Crippen molar-refractivity contribution in [3.8, 4) is 0 Å². The van der Waals surface area contributed by atoms with Crippen molar-refractivity contribution in [2.24, 2.45) is 0 Å². The number of halogens is 1. The molecular weight excluding hydrogens is 286 g/mol. The summed E-state index contributed by atoms with van der Waals surface area (Å²) < 4.78 is 1.86. The summed E-state index contributed by atoms with van der Waals surface area (Å²) in [4.78, 5) is 12.1. The smallest absolute Gasteiger partial charge is 0.271 e. The van der Waals surface area contributed by atoms with Gasteiger partial charge in [0.15, 0.2) is 0 Å². The molecule has 112 valence electrons. The highest BCUT2D eigenvalue weighted by Crippen LogP contribution is 2.11. The van der Waals surface area contributed by atoms with Crippen molar-refractivity contribution in [2.45, 2.75) is 33.2 Å². The van der Waals surface area contributed by atoms with Crippen LogP contribution >= 0.6 is 11.6 Å². The van der Waals surface area contributed by atoms with E-state index in [1.54, 1.807) is 0 Å². The minimum absolute atomic E-state index is 0.133. The van der Waals surface area contributed by atoms with Crippen LogP contribution in [0.15, 0.2) is 30.3 Å². The first-order valence-corrected chi connectivity index (χ1v) is 7.44. The molecule has 0 atom stereocenters. The van der Waals surface area contributed by atoms with Crippen molar-refractivity contribution in [3.05, 3.63) is 52.3 Å². The first-order valence-electron chi connectivity index (χ1n) is 7.06. The number of aryl methyl sites for hydroxylation is 1. The molecule has 0 aliphatic rings. The molecule has 0 aliphatic heterocycles. The number of carbonyl (C=O) groups is 1. The number of amides is 1. The van der Waals surface area contributed by atoms with Gasteiger partial charge in [-0.1, -0.05) is 23.7 Å². The van der Waals surface area contributed by atoms with Crippen LogP contribution in [0.1, 0.15) is 41.6 Å². The Kier molecular flexibility index (Phi) is 5.02. The van der Waals surface area contributed by atoms with Crippen molar-refractivity contribution in [2.75, 3.05) is 6.54 Å². The topological polar surface area (TPSA) is 46.9 Å². The van der Waals surface area contributed by atoms with Gasteiger partial charge in [0.2, 0.25) is 0 Å². The van der Waals surface area contributed by atoms with Gasteiger partial charge in [0, 0.05) is 23.3 Å². The van der Waals surface area contributed by atoms with Gasteiger partial charge in [-0.25, -0.2) is 0 Å². The second-order valence-corrected chi connectivity index (χ2v) is 5.78. The van der Waals surface area contributed by atoms with Gasteiger partial charge in [-0.2, -0.15) is 5.10 Å². The molecule has 0 spiro atoms. The van der Waals surface area contributed by atoms with Gasteiger partial charge in [-0.05, 0) is 51.0 Å². The maximum atomic E-state index is 12.1. The van der Waals surface area contributed by atoms with Crippen LogP contribution < -0.4 is 5.32 Å². The predicted octanol–water partition coefficient (Wildman–Crippen LogP) is 3.40. The molecule has 1 amide bonds. The summed E-state index contributed by atoms with van der Waals surface area (Å²) in [5.41, 5.74) is 2.61. The Hall–Kier alpha value is -1.81. The van der Waals surface area contributed by atoms with E-state index in [0.29, 0.717) is 12.2 Å². The standard InChI is InChI=1S/C16H20ClN3O/c1-11(2)20-12(3)10-15(19-20)16(21)18-9-8-13-4-6-14(17)7-5-13/h4-7,10-11H,8-9H2,1-3H3,(H,18,21). The number of aromatic nitrogens is 2. The second-order valence-electron chi connectivity index (χ2n) is 5.34. The predicted molar refractivity (Wildman–Crippen MR) is 84.8 cm³/mol. The molecule has 1 aromatic heterocycles. The van der Waals surface area contributed by atoms with E-state index in [1.807, 2.05) is 55.8 Å². The van der Waals surface area contributed by atoms with E-state index < -0.39 is 0 Å². The summed E-state index contributed by atoms with van der Waals surface area (Å²) >= 11 is 5.84. The van der Waals surface area contributed by atoms with Gasteiger partial charge in [0.1, 0.15) is 5.69 Å². The number of benzene rings is 1. The highest BCUT2D eigenvalue weighted by molar-refractivity contribution is 6.30. The first kappa shape index (κ1) is 15.6. The molecule has 1 heterocycles. The molecule has 0 saturated carbocycles. The zero-order chi connectivity index (χ0) is 15.4. The Morgan fingerprint density at radius 1 is 1.33 bits per heavy atom. The largest absolute Gasteiger partial charge is 0.350 e. The van der Waals surface area contributed by atoms with Crippen LogP contribution in [0.2, 0.25) is 5.02 Å². The molecule has 0 unspecified atom stereocenters. The molecule has 0 fully saturated rings. The van der Waals surface area contributed by atoms with Crippen molar-refractivity contribution >= 4 is 17.5 Å². The van der Waals surface area contributed by atoms with E-state index >= 15 is 0 Å². The van der Waals surface area contributed by atoms with Crippen LogP contribution in [0.3, 0.4) is 0 Å². The third-order valence-electron chi connectivity index (χ3n) is 3.26. The molecule has 0 radical (unpaired) electrons. The number of rotatable bonds is 5. The molecule has 1 aromatic carbocycles.